The number of nitrogen functional groups attached to an aromatic ring is 1. The third-order valence-corrected chi connectivity index (χ3v) is 5.85. The molecule has 32 heavy (non-hydrogen) atoms. The summed E-state index contributed by atoms with van der Waals surface area (Å²) >= 11 is 0. The first-order chi connectivity index (χ1) is 15.4. The minimum absolute atomic E-state index is 0.282. The molecule has 1 fully saturated rings. The summed E-state index contributed by atoms with van der Waals surface area (Å²) in [6, 6.07) is 11.5. The highest BCUT2D eigenvalue weighted by Gasteiger charge is 2.38. The minimum atomic E-state index is -0.582. The molecule has 1 amide bonds. The van der Waals surface area contributed by atoms with Gasteiger partial charge >= 0.3 is 0 Å². The fourth-order valence-corrected chi connectivity index (χ4v) is 4.14. The predicted molar refractivity (Wildman–Crippen MR) is 122 cm³/mol. The second kappa shape index (κ2) is 8.83. The summed E-state index contributed by atoms with van der Waals surface area (Å²) in [5.74, 6) is 0.760. The molecule has 1 aliphatic heterocycles. The topological polar surface area (TPSA) is 127 Å². The molecule has 3 aromatic rings. The fraction of sp³-hybridized carbons (Fsp3) is 0.318. The fourth-order valence-electron chi connectivity index (χ4n) is 4.14. The van der Waals surface area contributed by atoms with Gasteiger partial charge in [-0.05, 0) is 56.3 Å². The SMILES string of the molecule is CNCC1(n2cc(C(N)=O)c(Nc3ccc(F)cc3)n2)CCN(c2cccc(N)n2)CC1. The summed E-state index contributed by atoms with van der Waals surface area (Å²) in [7, 11) is 1.89. The molecule has 0 atom stereocenters. The Balaban J connectivity index is 1.60. The van der Waals surface area contributed by atoms with E-state index in [4.69, 9.17) is 16.6 Å². The van der Waals surface area contributed by atoms with Gasteiger partial charge in [-0.1, -0.05) is 6.07 Å². The minimum Gasteiger partial charge on any atom is -0.384 e. The average molecular weight is 439 g/mol. The lowest BCUT2D eigenvalue weighted by Gasteiger charge is -2.42. The molecule has 1 aromatic carbocycles. The zero-order chi connectivity index (χ0) is 22.7. The van der Waals surface area contributed by atoms with E-state index in [0.29, 0.717) is 23.9 Å². The summed E-state index contributed by atoms with van der Waals surface area (Å²) in [5.41, 5.74) is 12.0. The Morgan fingerprint density at radius 3 is 2.53 bits per heavy atom. The van der Waals surface area contributed by atoms with Crippen molar-refractivity contribution in [2.45, 2.75) is 18.4 Å². The standard InChI is InChI=1S/C22H27FN8O/c1-26-14-22(9-11-30(12-10-22)19-4-2-3-18(24)28-19)31-13-17(20(25)32)21(29-31)27-16-7-5-15(23)6-8-16/h2-8,13,26H,9-12,14H2,1H3,(H2,24,28)(H2,25,32)(H,27,29). The number of nitrogens with zero attached hydrogens (tertiary/aromatic N) is 4. The Morgan fingerprint density at radius 1 is 1.19 bits per heavy atom. The van der Waals surface area contributed by atoms with E-state index in [-0.39, 0.29) is 16.9 Å². The number of aromatic nitrogens is 3. The van der Waals surface area contributed by atoms with Crippen LogP contribution in [0.4, 0.5) is 27.5 Å². The second-order valence-corrected chi connectivity index (χ2v) is 7.99. The predicted octanol–water partition coefficient (Wildman–Crippen LogP) is 2.06. The van der Waals surface area contributed by atoms with Gasteiger partial charge in [-0.25, -0.2) is 9.37 Å². The zero-order valence-corrected chi connectivity index (χ0v) is 17.9. The van der Waals surface area contributed by atoms with Crippen LogP contribution in [-0.4, -0.2) is 47.4 Å². The van der Waals surface area contributed by atoms with Crippen molar-refractivity contribution >= 4 is 29.0 Å². The number of likely N-dealkylation sites (N-methyl/N-ethyl adjacent to an activating group) is 1. The smallest absolute Gasteiger partial charge is 0.254 e. The van der Waals surface area contributed by atoms with E-state index < -0.39 is 5.91 Å². The van der Waals surface area contributed by atoms with Gasteiger partial charge in [0, 0.05) is 31.5 Å². The van der Waals surface area contributed by atoms with Gasteiger partial charge < -0.3 is 27.0 Å². The molecule has 0 aliphatic carbocycles. The van der Waals surface area contributed by atoms with E-state index in [1.807, 2.05) is 23.9 Å². The van der Waals surface area contributed by atoms with Crippen LogP contribution in [0.3, 0.4) is 0 Å². The van der Waals surface area contributed by atoms with Crippen molar-refractivity contribution in [2.75, 3.05) is 42.6 Å². The first-order valence-electron chi connectivity index (χ1n) is 10.4. The Kier molecular flexibility index (Phi) is 5.95. The summed E-state index contributed by atoms with van der Waals surface area (Å²) in [6.45, 7) is 2.18. The van der Waals surface area contributed by atoms with Crippen molar-refractivity contribution in [3.05, 3.63) is 60.0 Å². The van der Waals surface area contributed by atoms with Crippen LogP contribution in [-0.2, 0) is 5.54 Å². The molecule has 0 bridgehead atoms. The van der Waals surface area contributed by atoms with Gasteiger partial charge in [-0.3, -0.25) is 9.48 Å². The lowest BCUT2D eigenvalue weighted by molar-refractivity contribution is 0.100. The summed E-state index contributed by atoms with van der Waals surface area (Å²) in [4.78, 5) is 18.7. The van der Waals surface area contributed by atoms with Crippen LogP contribution in [0.15, 0.2) is 48.7 Å². The second-order valence-electron chi connectivity index (χ2n) is 7.99. The lowest BCUT2D eigenvalue weighted by Crippen LogP contribution is -2.51. The molecule has 2 aromatic heterocycles. The number of hydrogen-bond donors (Lipinski definition) is 4. The maximum atomic E-state index is 13.2. The van der Waals surface area contributed by atoms with Crippen LogP contribution < -0.4 is 27.0 Å². The molecule has 10 heteroatoms. The number of hydrogen-bond acceptors (Lipinski definition) is 7. The number of benzene rings is 1. The van der Waals surface area contributed by atoms with Crippen LogP contribution in [0, 0.1) is 5.82 Å². The number of nitrogens with one attached hydrogen (secondary N) is 2. The molecule has 168 valence electrons. The third-order valence-electron chi connectivity index (χ3n) is 5.85. The van der Waals surface area contributed by atoms with Crippen molar-refractivity contribution < 1.29 is 9.18 Å². The number of piperidine rings is 1. The Bertz CT molecular complexity index is 1090. The molecule has 0 radical (unpaired) electrons. The number of primary amides is 1. The highest BCUT2D eigenvalue weighted by atomic mass is 19.1. The number of pyridine rings is 1. The van der Waals surface area contributed by atoms with E-state index in [2.05, 4.69) is 20.5 Å². The quantitative estimate of drug-likeness (QED) is 0.445. The lowest BCUT2D eigenvalue weighted by atomic mass is 9.87. The molecule has 4 rings (SSSR count). The Morgan fingerprint density at radius 2 is 1.91 bits per heavy atom. The molecular formula is C22H27FN8O. The molecule has 0 spiro atoms. The maximum Gasteiger partial charge on any atom is 0.254 e. The number of carbonyl (C=O) groups excluding carboxylic acids is 1. The van der Waals surface area contributed by atoms with Crippen molar-refractivity contribution in [1.82, 2.24) is 20.1 Å². The van der Waals surface area contributed by atoms with Crippen molar-refractivity contribution in [1.29, 1.82) is 0 Å². The molecule has 1 aliphatic rings. The number of amides is 1. The molecule has 0 saturated carbocycles. The number of halogens is 1. The number of nitrogens with two attached hydrogens (primary N) is 2. The summed E-state index contributed by atoms with van der Waals surface area (Å²) < 4.78 is 15.1. The first-order valence-corrected chi connectivity index (χ1v) is 10.4. The van der Waals surface area contributed by atoms with Crippen LogP contribution >= 0.6 is 0 Å². The van der Waals surface area contributed by atoms with Crippen LogP contribution in [0.5, 0.6) is 0 Å². The van der Waals surface area contributed by atoms with E-state index in [0.717, 1.165) is 31.7 Å². The van der Waals surface area contributed by atoms with E-state index in [1.54, 1.807) is 24.4 Å². The van der Waals surface area contributed by atoms with Crippen LogP contribution in [0.1, 0.15) is 23.2 Å². The van der Waals surface area contributed by atoms with E-state index in [9.17, 15) is 9.18 Å². The summed E-state index contributed by atoms with van der Waals surface area (Å²) in [6.07, 6.45) is 3.25. The van der Waals surface area contributed by atoms with E-state index >= 15 is 0 Å². The van der Waals surface area contributed by atoms with Crippen molar-refractivity contribution in [3.8, 4) is 0 Å². The highest BCUT2D eigenvalue weighted by molar-refractivity contribution is 5.98. The van der Waals surface area contributed by atoms with Gasteiger partial charge in [0.25, 0.3) is 5.91 Å². The van der Waals surface area contributed by atoms with E-state index in [1.165, 1.54) is 12.1 Å². The van der Waals surface area contributed by atoms with Crippen molar-refractivity contribution in [2.24, 2.45) is 5.73 Å². The normalized spacial score (nSPS) is 15.5. The molecule has 1 saturated heterocycles. The molecular weight excluding hydrogens is 411 g/mol. The summed E-state index contributed by atoms with van der Waals surface area (Å²) in [5, 5.41) is 11.0. The monoisotopic (exact) mass is 438 g/mol. The van der Waals surface area contributed by atoms with Gasteiger partial charge in [-0.15, -0.1) is 0 Å². The van der Waals surface area contributed by atoms with Gasteiger partial charge in [0.1, 0.15) is 23.0 Å². The zero-order valence-electron chi connectivity index (χ0n) is 17.9. The Hall–Kier alpha value is -3.66. The Labute approximate surface area is 185 Å². The van der Waals surface area contributed by atoms with Crippen molar-refractivity contribution in [3.63, 3.8) is 0 Å². The molecule has 0 unspecified atom stereocenters. The van der Waals surface area contributed by atoms with Gasteiger partial charge in [0.15, 0.2) is 5.82 Å². The number of carbonyl (C=O) groups is 1. The molecule has 9 nitrogen and oxygen atoms in total. The van der Waals surface area contributed by atoms with Crippen LogP contribution in [0.2, 0.25) is 0 Å². The molecule has 3 heterocycles. The molecule has 6 N–H and O–H groups in total. The maximum absolute atomic E-state index is 13.2. The van der Waals surface area contributed by atoms with Gasteiger partial charge in [0.05, 0.1) is 5.54 Å². The average Bonchev–Trinajstić information content (AvgIpc) is 3.21. The highest BCUT2D eigenvalue weighted by Crippen LogP contribution is 2.33. The van der Waals surface area contributed by atoms with Gasteiger partial charge in [0.2, 0.25) is 0 Å². The first kappa shape index (κ1) is 21.6. The largest absolute Gasteiger partial charge is 0.384 e. The number of rotatable bonds is 7. The third kappa shape index (κ3) is 4.35. The van der Waals surface area contributed by atoms with Crippen LogP contribution in [0.25, 0.3) is 0 Å². The number of anilines is 4. The van der Waals surface area contributed by atoms with Gasteiger partial charge in [-0.2, -0.15) is 5.10 Å².